The molecule has 0 bridgehead atoms. The van der Waals surface area contributed by atoms with E-state index in [1.165, 1.54) is 6.07 Å². The van der Waals surface area contributed by atoms with Crippen LogP contribution in [0.25, 0.3) is 0 Å². The van der Waals surface area contributed by atoms with Crippen molar-refractivity contribution in [2.45, 2.75) is 6.92 Å². The normalized spacial score (nSPS) is 14.2. The third-order valence-electron chi connectivity index (χ3n) is 4.69. The number of anilines is 3. The maximum absolute atomic E-state index is 14.0. The molecular formula is C20H20FN5O2. The summed E-state index contributed by atoms with van der Waals surface area (Å²) in [6, 6.07) is 12.0. The van der Waals surface area contributed by atoms with Crippen molar-refractivity contribution in [1.82, 2.24) is 10.1 Å². The lowest BCUT2D eigenvalue weighted by Gasteiger charge is -2.37. The minimum atomic E-state index is -0.343. The highest BCUT2D eigenvalue weighted by molar-refractivity contribution is 6.02. The van der Waals surface area contributed by atoms with Crippen molar-refractivity contribution < 1.29 is 13.7 Å². The summed E-state index contributed by atoms with van der Waals surface area (Å²) in [5.41, 5.74) is 1.87. The molecule has 0 unspecified atom stereocenters. The number of hydrogen-bond acceptors (Lipinski definition) is 6. The Kier molecular flexibility index (Phi) is 4.92. The summed E-state index contributed by atoms with van der Waals surface area (Å²) in [6.45, 7) is 4.69. The molecule has 1 amide bonds. The topological polar surface area (TPSA) is 74.5 Å². The SMILES string of the molecule is Cc1cc(NC(=O)c2ccc(N3CCN(c4ccccc4F)CC3)cn2)no1. The summed E-state index contributed by atoms with van der Waals surface area (Å²) in [4.78, 5) is 20.7. The maximum Gasteiger partial charge on any atom is 0.275 e. The Morgan fingerprint density at radius 3 is 2.50 bits per heavy atom. The first kappa shape index (κ1) is 18.0. The predicted molar refractivity (Wildman–Crippen MR) is 104 cm³/mol. The first-order valence-electron chi connectivity index (χ1n) is 9.05. The van der Waals surface area contributed by atoms with Gasteiger partial charge in [-0.2, -0.15) is 0 Å². The van der Waals surface area contributed by atoms with E-state index in [9.17, 15) is 9.18 Å². The Morgan fingerprint density at radius 1 is 1.11 bits per heavy atom. The van der Waals surface area contributed by atoms with Crippen LogP contribution in [-0.4, -0.2) is 42.2 Å². The van der Waals surface area contributed by atoms with Gasteiger partial charge in [0.05, 0.1) is 17.6 Å². The van der Waals surface area contributed by atoms with Crippen molar-refractivity contribution in [1.29, 1.82) is 0 Å². The molecule has 28 heavy (non-hydrogen) atoms. The Hall–Kier alpha value is -3.42. The van der Waals surface area contributed by atoms with Crippen LogP contribution < -0.4 is 15.1 Å². The quantitative estimate of drug-likeness (QED) is 0.749. The number of nitrogens with one attached hydrogen (secondary N) is 1. The number of rotatable bonds is 4. The lowest BCUT2D eigenvalue weighted by molar-refractivity contribution is 0.102. The minimum absolute atomic E-state index is 0.199. The molecule has 1 fully saturated rings. The summed E-state index contributed by atoms with van der Waals surface area (Å²) >= 11 is 0. The molecule has 1 aliphatic heterocycles. The molecule has 3 heterocycles. The van der Waals surface area contributed by atoms with E-state index in [4.69, 9.17) is 4.52 Å². The van der Waals surface area contributed by atoms with Crippen LogP contribution in [0, 0.1) is 12.7 Å². The van der Waals surface area contributed by atoms with E-state index in [-0.39, 0.29) is 11.7 Å². The molecule has 1 aromatic carbocycles. The number of aryl methyl sites for hydroxylation is 1. The lowest BCUT2D eigenvalue weighted by Crippen LogP contribution is -2.46. The number of carbonyl (C=O) groups is 1. The van der Waals surface area contributed by atoms with E-state index >= 15 is 0 Å². The zero-order valence-corrected chi connectivity index (χ0v) is 15.4. The van der Waals surface area contributed by atoms with E-state index in [0.29, 0.717) is 36.0 Å². The summed E-state index contributed by atoms with van der Waals surface area (Å²) in [6.07, 6.45) is 1.68. The second kappa shape index (κ2) is 7.67. The molecule has 144 valence electrons. The van der Waals surface area contributed by atoms with Gasteiger partial charge in [0.25, 0.3) is 5.91 Å². The second-order valence-corrected chi connectivity index (χ2v) is 6.60. The second-order valence-electron chi connectivity index (χ2n) is 6.60. The predicted octanol–water partition coefficient (Wildman–Crippen LogP) is 3.10. The van der Waals surface area contributed by atoms with Gasteiger partial charge < -0.3 is 19.6 Å². The third-order valence-corrected chi connectivity index (χ3v) is 4.69. The molecule has 0 radical (unpaired) electrons. The van der Waals surface area contributed by atoms with Crippen LogP contribution >= 0.6 is 0 Å². The number of carbonyl (C=O) groups excluding carboxylic acids is 1. The van der Waals surface area contributed by atoms with Crippen molar-refractivity contribution in [3.05, 3.63) is 65.9 Å². The Bertz CT molecular complexity index is 965. The number of nitrogens with zero attached hydrogens (tertiary/aromatic N) is 4. The van der Waals surface area contributed by atoms with E-state index in [0.717, 1.165) is 18.8 Å². The smallest absolute Gasteiger partial charge is 0.275 e. The van der Waals surface area contributed by atoms with Gasteiger partial charge in [0.1, 0.15) is 17.3 Å². The summed E-state index contributed by atoms with van der Waals surface area (Å²) < 4.78 is 18.9. The highest BCUT2D eigenvalue weighted by atomic mass is 19.1. The first-order chi connectivity index (χ1) is 13.6. The van der Waals surface area contributed by atoms with Crippen LogP contribution in [0.3, 0.4) is 0 Å². The number of amides is 1. The van der Waals surface area contributed by atoms with Gasteiger partial charge in [0, 0.05) is 32.2 Å². The minimum Gasteiger partial charge on any atom is -0.367 e. The Morgan fingerprint density at radius 2 is 1.86 bits per heavy atom. The van der Waals surface area contributed by atoms with E-state index in [2.05, 4.69) is 20.4 Å². The highest BCUT2D eigenvalue weighted by Gasteiger charge is 2.20. The third kappa shape index (κ3) is 3.80. The van der Waals surface area contributed by atoms with Gasteiger partial charge in [-0.25, -0.2) is 9.37 Å². The number of piperazine rings is 1. The molecule has 4 rings (SSSR count). The molecule has 1 N–H and O–H groups in total. The van der Waals surface area contributed by atoms with Crippen LogP contribution in [0.4, 0.5) is 21.6 Å². The maximum atomic E-state index is 14.0. The Balaban J connectivity index is 1.37. The van der Waals surface area contributed by atoms with E-state index in [1.807, 2.05) is 17.0 Å². The molecule has 0 atom stereocenters. The first-order valence-corrected chi connectivity index (χ1v) is 9.05. The summed E-state index contributed by atoms with van der Waals surface area (Å²) in [7, 11) is 0. The number of benzene rings is 1. The standard InChI is InChI=1S/C20H20FN5O2/c1-14-12-19(24-28-14)23-20(27)17-7-6-15(13-22-17)25-8-10-26(11-9-25)18-5-3-2-4-16(18)21/h2-7,12-13H,8-11H2,1H3,(H,23,24,27). The molecule has 1 saturated heterocycles. The van der Waals surface area contributed by atoms with E-state index < -0.39 is 0 Å². The van der Waals surface area contributed by atoms with Crippen LogP contribution in [0.5, 0.6) is 0 Å². The fourth-order valence-electron chi connectivity index (χ4n) is 3.23. The highest BCUT2D eigenvalue weighted by Crippen LogP contribution is 2.22. The van der Waals surface area contributed by atoms with Crippen LogP contribution in [0.15, 0.2) is 53.2 Å². The van der Waals surface area contributed by atoms with Crippen molar-refractivity contribution in [3.8, 4) is 0 Å². The summed E-state index contributed by atoms with van der Waals surface area (Å²) in [5, 5.41) is 6.38. The molecule has 1 aliphatic rings. The fourth-order valence-corrected chi connectivity index (χ4v) is 3.23. The number of hydrogen-bond donors (Lipinski definition) is 1. The molecule has 8 heteroatoms. The molecular weight excluding hydrogens is 361 g/mol. The molecule has 7 nitrogen and oxygen atoms in total. The van der Waals surface area contributed by atoms with Crippen LogP contribution in [-0.2, 0) is 0 Å². The zero-order valence-electron chi connectivity index (χ0n) is 15.4. The molecule has 3 aromatic rings. The van der Waals surface area contributed by atoms with Crippen molar-refractivity contribution >= 4 is 23.1 Å². The average molecular weight is 381 g/mol. The number of para-hydroxylation sites is 1. The Labute approximate surface area is 161 Å². The monoisotopic (exact) mass is 381 g/mol. The van der Waals surface area contributed by atoms with Gasteiger partial charge in [-0.3, -0.25) is 4.79 Å². The van der Waals surface area contributed by atoms with Gasteiger partial charge in [-0.15, -0.1) is 0 Å². The van der Waals surface area contributed by atoms with Crippen molar-refractivity contribution in [3.63, 3.8) is 0 Å². The van der Waals surface area contributed by atoms with Crippen molar-refractivity contribution in [2.75, 3.05) is 41.3 Å². The fraction of sp³-hybridized carbons (Fsp3) is 0.250. The molecule has 2 aromatic heterocycles. The van der Waals surface area contributed by atoms with Crippen LogP contribution in [0.1, 0.15) is 16.2 Å². The van der Waals surface area contributed by atoms with Crippen molar-refractivity contribution in [2.24, 2.45) is 0 Å². The largest absolute Gasteiger partial charge is 0.367 e. The number of aromatic nitrogens is 2. The summed E-state index contributed by atoms with van der Waals surface area (Å²) in [5.74, 6) is 0.435. The van der Waals surface area contributed by atoms with Gasteiger partial charge in [0.15, 0.2) is 5.82 Å². The van der Waals surface area contributed by atoms with Gasteiger partial charge in [-0.1, -0.05) is 17.3 Å². The lowest BCUT2D eigenvalue weighted by atomic mass is 10.2. The number of halogens is 1. The number of pyridine rings is 1. The van der Waals surface area contributed by atoms with Gasteiger partial charge >= 0.3 is 0 Å². The van der Waals surface area contributed by atoms with E-state index in [1.54, 1.807) is 37.4 Å². The van der Waals surface area contributed by atoms with Crippen LogP contribution in [0.2, 0.25) is 0 Å². The molecule has 0 aliphatic carbocycles. The van der Waals surface area contributed by atoms with Gasteiger partial charge in [0.2, 0.25) is 0 Å². The average Bonchev–Trinajstić information content (AvgIpc) is 3.13. The zero-order chi connectivity index (χ0) is 19.5. The molecule has 0 saturated carbocycles. The van der Waals surface area contributed by atoms with Gasteiger partial charge in [-0.05, 0) is 31.2 Å². The molecule has 0 spiro atoms.